The molecule has 124 valence electrons. The molecule has 0 saturated carbocycles. The van der Waals surface area contributed by atoms with Crippen molar-refractivity contribution in [2.75, 3.05) is 19.7 Å². The van der Waals surface area contributed by atoms with Crippen molar-refractivity contribution in [1.29, 1.82) is 0 Å². The molecule has 2 aliphatic rings. The van der Waals surface area contributed by atoms with E-state index >= 15 is 0 Å². The Bertz CT molecular complexity index is 834. The molecule has 2 N–H and O–H groups in total. The van der Waals surface area contributed by atoms with E-state index in [4.69, 9.17) is 4.74 Å². The minimum absolute atomic E-state index is 0.0956. The largest absolute Gasteiger partial charge is 0.505 e. The highest BCUT2D eigenvalue weighted by Gasteiger charge is 2.33. The second-order valence-electron chi connectivity index (χ2n) is 6.55. The number of hydrogen-bond acceptors (Lipinski definition) is 6. The number of rotatable bonds is 4. The Kier molecular flexibility index (Phi) is 3.45. The van der Waals surface area contributed by atoms with Crippen molar-refractivity contribution in [1.82, 2.24) is 15.3 Å². The quantitative estimate of drug-likeness (QED) is 0.896. The SMILES string of the molecule is CC1(COc2nc(-c3ccc(O)c(F)c3)nc3c2C=NC3)CNC1. The highest BCUT2D eigenvalue weighted by molar-refractivity contribution is 5.87. The Morgan fingerprint density at radius 3 is 2.88 bits per heavy atom. The summed E-state index contributed by atoms with van der Waals surface area (Å²) in [5.74, 6) is -0.267. The minimum Gasteiger partial charge on any atom is -0.505 e. The highest BCUT2D eigenvalue weighted by atomic mass is 19.1. The summed E-state index contributed by atoms with van der Waals surface area (Å²) in [5, 5.41) is 12.6. The molecular weight excluding hydrogens is 311 g/mol. The number of benzene rings is 1. The maximum atomic E-state index is 13.6. The summed E-state index contributed by atoms with van der Waals surface area (Å²) in [7, 11) is 0. The van der Waals surface area contributed by atoms with Gasteiger partial charge in [0, 0.05) is 30.3 Å². The van der Waals surface area contributed by atoms with E-state index in [-0.39, 0.29) is 5.41 Å². The van der Waals surface area contributed by atoms with Crippen LogP contribution in [0.4, 0.5) is 4.39 Å². The normalized spacial score (nSPS) is 17.4. The fourth-order valence-electron chi connectivity index (χ4n) is 2.75. The van der Waals surface area contributed by atoms with Gasteiger partial charge in [-0.2, -0.15) is 4.98 Å². The first-order valence-electron chi connectivity index (χ1n) is 7.77. The van der Waals surface area contributed by atoms with Gasteiger partial charge in [0.2, 0.25) is 5.88 Å². The summed E-state index contributed by atoms with van der Waals surface area (Å²) in [4.78, 5) is 13.1. The number of aliphatic imine (C=N–C) groups is 1. The van der Waals surface area contributed by atoms with E-state index in [0.717, 1.165) is 24.3 Å². The van der Waals surface area contributed by atoms with Crippen molar-refractivity contribution >= 4 is 6.21 Å². The number of aromatic nitrogens is 2. The first-order chi connectivity index (χ1) is 11.5. The lowest BCUT2D eigenvalue weighted by Gasteiger charge is -2.38. The van der Waals surface area contributed by atoms with Crippen molar-refractivity contribution in [2.45, 2.75) is 13.5 Å². The molecule has 3 heterocycles. The number of aromatic hydroxyl groups is 1. The monoisotopic (exact) mass is 328 g/mol. The number of phenols is 1. The number of halogens is 1. The van der Waals surface area contributed by atoms with Gasteiger partial charge in [0.05, 0.1) is 24.4 Å². The summed E-state index contributed by atoms with van der Waals surface area (Å²) < 4.78 is 19.6. The fourth-order valence-corrected chi connectivity index (χ4v) is 2.75. The Morgan fingerprint density at radius 1 is 1.33 bits per heavy atom. The van der Waals surface area contributed by atoms with Gasteiger partial charge in [-0.15, -0.1) is 0 Å². The molecule has 0 atom stereocenters. The molecule has 1 saturated heterocycles. The molecule has 24 heavy (non-hydrogen) atoms. The zero-order chi connectivity index (χ0) is 16.7. The van der Waals surface area contributed by atoms with E-state index in [1.807, 2.05) is 0 Å². The van der Waals surface area contributed by atoms with Crippen LogP contribution >= 0.6 is 0 Å². The van der Waals surface area contributed by atoms with Crippen molar-refractivity contribution in [2.24, 2.45) is 10.4 Å². The molecule has 7 heteroatoms. The van der Waals surface area contributed by atoms with Gasteiger partial charge in [-0.1, -0.05) is 6.92 Å². The second-order valence-corrected chi connectivity index (χ2v) is 6.55. The topological polar surface area (TPSA) is 79.6 Å². The minimum atomic E-state index is -0.705. The smallest absolute Gasteiger partial charge is 0.226 e. The lowest BCUT2D eigenvalue weighted by atomic mass is 9.85. The van der Waals surface area contributed by atoms with Crippen LogP contribution in [0.25, 0.3) is 11.4 Å². The van der Waals surface area contributed by atoms with E-state index in [1.54, 1.807) is 12.3 Å². The molecule has 6 nitrogen and oxygen atoms in total. The van der Waals surface area contributed by atoms with E-state index in [9.17, 15) is 9.50 Å². The van der Waals surface area contributed by atoms with Crippen molar-refractivity contribution in [3.63, 3.8) is 0 Å². The van der Waals surface area contributed by atoms with E-state index in [2.05, 4.69) is 27.2 Å². The summed E-state index contributed by atoms with van der Waals surface area (Å²) in [5.41, 5.74) is 2.13. The highest BCUT2D eigenvalue weighted by Crippen LogP contribution is 2.30. The standard InChI is InChI=1S/C17H17FN4O2/c1-17(7-20-8-17)9-24-16-11-5-19-6-13(11)21-15(22-16)10-2-3-14(23)12(18)4-10/h2-5,20,23H,6-9H2,1H3. The zero-order valence-electron chi connectivity index (χ0n) is 13.2. The van der Waals surface area contributed by atoms with E-state index in [1.165, 1.54) is 12.1 Å². The predicted molar refractivity (Wildman–Crippen MR) is 86.9 cm³/mol. The molecule has 2 aromatic rings. The average Bonchev–Trinajstić information content (AvgIpc) is 3.02. The van der Waals surface area contributed by atoms with Crippen molar-refractivity contribution in [3.8, 4) is 23.0 Å². The Labute approximate surface area is 138 Å². The summed E-state index contributed by atoms with van der Waals surface area (Å²) in [6, 6.07) is 4.09. The molecular formula is C17H17FN4O2. The molecule has 0 aliphatic carbocycles. The molecule has 4 rings (SSSR count). The van der Waals surface area contributed by atoms with Gasteiger partial charge in [-0.3, -0.25) is 4.99 Å². The van der Waals surface area contributed by atoms with Crippen LogP contribution in [0, 0.1) is 11.2 Å². The van der Waals surface area contributed by atoms with Gasteiger partial charge in [-0.05, 0) is 18.2 Å². The van der Waals surface area contributed by atoms with Crippen molar-refractivity contribution in [3.05, 3.63) is 35.3 Å². The van der Waals surface area contributed by atoms with Crippen molar-refractivity contribution < 1.29 is 14.2 Å². The molecule has 0 radical (unpaired) electrons. The van der Waals surface area contributed by atoms with Crippen LogP contribution in [0.2, 0.25) is 0 Å². The van der Waals surface area contributed by atoms with Crippen LogP contribution in [0.5, 0.6) is 11.6 Å². The van der Waals surface area contributed by atoms with E-state index in [0.29, 0.717) is 30.4 Å². The molecule has 2 aliphatic heterocycles. The molecule has 1 fully saturated rings. The van der Waals surface area contributed by atoms with Crippen LogP contribution in [0.3, 0.4) is 0 Å². The van der Waals surface area contributed by atoms with Crippen LogP contribution in [-0.4, -0.2) is 41.0 Å². The number of nitrogens with zero attached hydrogens (tertiary/aromatic N) is 3. The van der Waals surface area contributed by atoms with Crippen LogP contribution < -0.4 is 10.1 Å². The van der Waals surface area contributed by atoms with Gasteiger partial charge in [0.15, 0.2) is 17.4 Å². The average molecular weight is 328 g/mol. The fraction of sp³-hybridized carbons (Fsp3) is 0.353. The molecule has 0 unspecified atom stereocenters. The molecule has 0 bridgehead atoms. The van der Waals surface area contributed by atoms with Gasteiger partial charge >= 0.3 is 0 Å². The number of ether oxygens (including phenoxy) is 1. The number of hydrogen-bond donors (Lipinski definition) is 2. The van der Waals surface area contributed by atoms with Gasteiger partial charge < -0.3 is 15.2 Å². The number of nitrogens with one attached hydrogen (secondary N) is 1. The Morgan fingerprint density at radius 2 is 2.17 bits per heavy atom. The zero-order valence-corrected chi connectivity index (χ0v) is 13.2. The summed E-state index contributed by atoms with van der Waals surface area (Å²) in [6.45, 7) is 4.96. The third-order valence-electron chi connectivity index (χ3n) is 4.32. The number of phenolic OH excluding ortho intramolecular Hbond substituents is 1. The lowest BCUT2D eigenvalue weighted by Crippen LogP contribution is -2.54. The summed E-state index contributed by atoms with van der Waals surface area (Å²) >= 11 is 0. The predicted octanol–water partition coefficient (Wildman–Crippen LogP) is 1.91. The van der Waals surface area contributed by atoms with E-state index < -0.39 is 11.6 Å². The lowest BCUT2D eigenvalue weighted by molar-refractivity contribution is 0.0986. The Hall–Kier alpha value is -2.54. The molecule has 1 aromatic heterocycles. The van der Waals surface area contributed by atoms with Crippen LogP contribution in [0.15, 0.2) is 23.2 Å². The van der Waals surface area contributed by atoms with Gasteiger partial charge in [0.25, 0.3) is 0 Å². The molecule has 1 aromatic carbocycles. The Balaban J connectivity index is 1.68. The van der Waals surface area contributed by atoms with Gasteiger partial charge in [0.1, 0.15) is 0 Å². The molecule has 0 amide bonds. The maximum Gasteiger partial charge on any atom is 0.226 e. The third kappa shape index (κ3) is 2.60. The first-order valence-corrected chi connectivity index (χ1v) is 7.77. The van der Waals surface area contributed by atoms with Gasteiger partial charge in [-0.25, -0.2) is 9.37 Å². The first kappa shape index (κ1) is 15.0. The number of fused-ring (bicyclic) bond motifs is 1. The van der Waals surface area contributed by atoms with Crippen LogP contribution in [-0.2, 0) is 6.54 Å². The maximum absolute atomic E-state index is 13.6. The van der Waals surface area contributed by atoms with Crippen LogP contribution in [0.1, 0.15) is 18.2 Å². The molecule has 0 spiro atoms. The third-order valence-corrected chi connectivity index (χ3v) is 4.32. The summed E-state index contributed by atoms with van der Waals surface area (Å²) in [6.07, 6.45) is 1.72. The second kappa shape index (κ2) is 5.52.